The van der Waals surface area contributed by atoms with Gasteiger partial charge in [-0.2, -0.15) is 0 Å². The first-order valence-electron chi connectivity index (χ1n) is 7.49. The molecule has 0 radical (unpaired) electrons. The first-order valence-corrected chi connectivity index (χ1v) is 7.49. The van der Waals surface area contributed by atoms with Crippen molar-refractivity contribution in [1.82, 2.24) is 10.2 Å². The van der Waals surface area contributed by atoms with Gasteiger partial charge in [-0.15, -0.1) is 0 Å². The van der Waals surface area contributed by atoms with Crippen LogP contribution < -0.4 is 5.32 Å². The van der Waals surface area contributed by atoms with Crippen molar-refractivity contribution in [1.29, 1.82) is 0 Å². The molecule has 0 aromatic carbocycles. The summed E-state index contributed by atoms with van der Waals surface area (Å²) in [6, 6.07) is -0.0908. The van der Waals surface area contributed by atoms with E-state index in [1.165, 1.54) is 0 Å². The molecule has 5 nitrogen and oxygen atoms in total. The predicted octanol–water partition coefficient (Wildman–Crippen LogP) is 1.89. The van der Waals surface area contributed by atoms with Gasteiger partial charge in [-0.25, -0.2) is 4.79 Å². The highest BCUT2D eigenvalue weighted by atomic mass is 16.5. The standard InChI is InChI=1S/C15H28N2O3/c1-13(2)9-11(14(3,4)20-13)16-12(19)17-8-6-7-15(17,5)10-18/h11,18H,6-10H2,1-5H3,(H,16,19)/t11-,15-/m0/s1. The van der Waals surface area contributed by atoms with Crippen LogP contribution in [0.2, 0.25) is 0 Å². The fourth-order valence-corrected chi connectivity index (χ4v) is 3.55. The maximum absolute atomic E-state index is 12.5. The van der Waals surface area contributed by atoms with Gasteiger partial charge in [0.1, 0.15) is 0 Å². The van der Waals surface area contributed by atoms with E-state index in [9.17, 15) is 9.90 Å². The van der Waals surface area contributed by atoms with Crippen LogP contribution in [0.3, 0.4) is 0 Å². The van der Waals surface area contributed by atoms with Crippen molar-refractivity contribution in [2.45, 2.75) is 76.7 Å². The number of carbonyl (C=O) groups excluding carboxylic acids is 1. The van der Waals surface area contributed by atoms with E-state index in [2.05, 4.69) is 19.2 Å². The van der Waals surface area contributed by atoms with E-state index >= 15 is 0 Å². The molecule has 2 amide bonds. The predicted molar refractivity (Wildman–Crippen MR) is 77.6 cm³/mol. The fourth-order valence-electron chi connectivity index (χ4n) is 3.55. The third-order valence-corrected chi connectivity index (χ3v) is 4.71. The molecule has 2 N–H and O–H groups in total. The van der Waals surface area contributed by atoms with E-state index in [0.717, 1.165) is 19.3 Å². The second-order valence-corrected chi connectivity index (χ2v) is 7.58. The molecule has 0 spiro atoms. The van der Waals surface area contributed by atoms with Crippen molar-refractivity contribution in [3.05, 3.63) is 0 Å². The van der Waals surface area contributed by atoms with E-state index in [1.807, 2.05) is 20.8 Å². The largest absolute Gasteiger partial charge is 0.394 e. The zero-order valence-corrected chi connectivity index (χ0v) is 13.3. The summed E-state index contributed by atoms with van der Waals surface area (Å²) in [5.41, 5.74) is -1.01. The number of ether oxygens (including phenoxy) is 1. The smallest absolute Gasteiger partial charge is 0.318 e. The van der Waals surface area contributed by atoms with Crippen molar-refractivity contribution >= 4 is 6.03 Å². The third kappa shape index (κ3) is 2.79. The second kappa shape index (κ2) is 4.88. The lowest BCUT2D eigenvalue weighted by Gasteiger charge is -2.36. The molecule has 0 saturated carbocycles. The topological polar surface area (TPSA) is 61.8 Å². The van der Waals surface area contributed by atoms with Crippen LogP contribution >= 0.6 is 0 Å². The summed E-state index contributed by atoms with van der Waals surface area (Å²) in [6.07, 6.45) is 2.60. The average Bonchev–Trinajstić information content (AvgIpc) is 2.77. The Balaban J connectivity index is 2.05. The number of carbonyl (C=O) groups is 1. The Morgan fingerprint density at radius 1 is 1.35 bits per heavy atom. The summed E-state index contributed by atoms with van der Waals surface area (Å²) in [6.45, 7) is 10.8. The van der Waals surface area contributed by atoms with Gasteiger partial charge in [0.2, 0.25) is 0 Å². The third-order valence-electron chi connectivity index (χ3n) is 4.71. The van der Waals surface area contributed by atoms with Crippen molar-refractivity contribution in [2.24, 2.45) is 0 Å². The Morgan fingerprint density at radius 2 is 2.00 bits per heavy atom. The number of nitrogens with one attached hydrogen (secondary N) is 1. The van der Waals surface area contributed by atoms with Gasteiger partial charge >= 0.3 is 6.03 Å². The maximum Gasteiger partial charge on any atom is 0.318 e. The highest BCUT2D eigenvalue weighted by Crippen LogP contribution is 2.37. The van der Waals surface area contributed by atoms with Crippen LogP contribution in [0, 0.1) is 0 Å². The SMILES string of the molecule is CC1(C)C[C@H](NC(=O)N2CCC[C@@]2(C)CO)C(C)(C)O1. The number of aliphatic hydroxyl groups is 1. The average molecular weight is 284 g/mol. The Kier molecular flexibility index (Phi) is 3.80. The molecule has 116 valence electrons. The first kappa shape index (κ1) is 15.6. The van der Waals surface area contributed by atoms with Gasteiger partial charge in [0.15, 0.2) is 0 Å². The highest BCUT2D eigenvalue weighted by molar-refractivity contribution is 5.76. The van der Waals surface area contributed by atoms with Crippen LogP contribution in [-0.4, -0.2) is 52.0 Å². The molecule has 2 aliphatic heterocycles. The first-order chi connectivity index (χ1) is 9.10. The summed E-state index contributed by atoms with van der Waals surface area (Å²) < 4.78 is 6.01. The van der Waals surface area contributed by atoms with Gasteiger partial charge in [0, 0.05) is 6.54 Å². The number of hydrogen-bond acceptors (Lipinski definition) is 3. The lowest BCUT2D eigenvalue weighted by Crippen LogP contribution is -2.56. The lowest BCUT2D eigenvalue weighted by molar-refractivity contribution is -0.0694. The summed E-state index contributed by atoms with van der Waals surface area (Å²) in [5, 5.41) is 12.7. The fraction of sp³-hybridized carbons (Fsp3) is 0.933. The number of aliphatic hydroxyl groups excluding tert-OH is 1. The molecule has 20 heavy (non-hydrogen) atoms. The minimum Gasteiger partial charge on any atom is -0.394 e. The number of likely N-dealkylation sites (tertiary alicyclic amines) is 1. The Hall–Kier alpha value is -0.810. The number of urea groups is 1. The van der Waals surface area contributed by atoms with Crippen molar-refractivity contribution < 1.29 is 14.6 Å². The van der Waals surface area contributed by atoms with E-state index in [0.29, 0.717) is 6.54 Å². The number of rotatable bonds is 2. The van der Waals surface area contributed by atoms with Crippen LogP contribution in [0.1, 0.15) is 53.9 Å². The van der Waals surface area contributed by atoms with Crippen LogP contribution in [-0.2, 0) is 4.74 Å². The van der Waals surface area contributed by atoms with E-state index < -0.39 is 5.54 Å². The molecular weight excluding hydrogens is 256 g/mol. The molecular formula is C15H28N2O3. The summed E-state index contributed by atoms with van der Waals surface area (Å²) in [4.78, 5) is 14.3. The maximum atomic E-state index is 12.5. The van der Waals surface area contributed by atoms with Crippen LogP contribution in [0.5, 0.6) is 0 Å². The van der Waals surface area contributed by atoms with Crippen LogP contribution in [0.4, 0.5) is 4.79 Å². The van der Waals surface area contributed by atoms with Crippen molar-refractivity contribution in [3.63, 3.8) is 0 Å². The molecule has 5 heteroatoms. The molecule has 0 aliphatic carbocycles. The second-order valence-electron chi connectivity index (χ2n) is 7.58. The van der Waals surface area contributed by atoms with Gasteiger partial charge in [0.05, 0.1) is 29.4 Å². The van der Waals surface area contributed by atoms with Gasteiger partial charge in [-0.3, -0.25) is 0 Å². The van der Waals surface area contributed by atoms with Gasteiger partial charge in [0.25, 0.3) is 0 Å². The molecule has 2 aliphatic rings. The van der Waals surface area contributed by atoms with Gasteiger partial charge in [-0.05, 0) is 53.9 Å². The zero-order chi connectivity index (χ0) is 15.2. The molecule has 2 heterocycles. The monoisotopic (exact) mass is 284 g/mol. The normalized spacial score (nSPS) is 35.3. The zero-order valence-electron chi connectivity index (χ0n) is 13.3. The molecule has 2 rings (SSSR count). The quantitative estimate of drug-likeness (QED) is 0.814. The molecule has 2 fully saturated rings. The lowest BCUT2D eigenvalue weighted by atomic mass is 9.94. The Labute approximate surface area is 121 Å². The van der Waals surface area contributed by atoms with Gasteiger partial charge < -0.3 is 20.1 Å². The van der Waals surface area contributed by atoms with E-state index in [4.69, 9.17) is 4.74 Å². The number of nitrogens with zero attached hydrogens (tertiary/aromatic N) is 1. The van der Waals surface area contributed by atoms with Crippen LogP contribution in [0.25, 0.3) is 0 Å². The Bertz CT molecular complexity index is 395. The summed E-state index contributed by atoms with van der Waals surface area (Å²) in [7, 11) is 0. The van der Waals surface area contributed by atoms with E-state index in [-0.39, 0.29) is 29.9 Å². The molecule has 0 aromatic rings. The summed E-state index contributed by atoms with van der Waals surface area (Å²) in [5.74, 6) is 0. The molecule has 0 aromatic heterocycles. The van der Waals surface area contributed by atoms with Gasteiger partial charge in [-0.1, -0.05) is 0 Å². The number of amides is 2. The van der Waals surface area contributed by atoms with E-state index in [1.54, 1.807) is 4.90 Å². The molecule has 0 unspecified atom stereocenters. The summed E-state index contributed by atoms with van der Waals surface area (Å²) >= 11 is 0. The number of hydrogen-bond donors (Lipinski definition) is 2. The van der Waals surface area contributed by atoms with Crippen LogP contribution in [0.15, 0.2) is 0 Å². The van der Waals surface area contributed by atoms with Crippen molar-refractivity contribution in [2.75, 3.05) is 13.2 Å². The van der Waals surface area contributed by atoms with Crippen molar-refractivity contribution in [3.8, 4) is 0 Å². The minimum atomic E-state index is -0.427. The molecule has 0 bridgehead atoms. The minimum absolute atomic E-state index is 0.00598. The molecule has 2 atom stereocenters. The Morgan fingerprint density at radius 3 is 2.50 bits per heavy atom. The highest BCUT2D eigenvalue weighted by Gasteiger charge is 2.48. The molecule has 2 saturated heterocycles.